The Labute approximate surface area is 184 Å². The van der Waals surface area contributed by atoms with Gasteiger partial charge in [0, 0.05) is 5.56 Å². The topological polar surface area (TPSA) is 80.0 Å². The van der Waals surface area contributed by atoms with E-state index in [-0.39, 0.29) is 23.4 Å². The molecular weight excluding hydrogens is 413 g/mol. The summed E-state index contributed by atoms with van der Waals surface area (Å²) in [7, 11) is 1.33. The van der Waals surface area contributed by atoms with Crippen LogP contribution in [0, 0.1) is 5.82 Å². The number of ether oxygens (including phenoxy) is 1. The average molecular weight is 435 g/mol. The minimum Gasteiger partial charge on any atom is -0.507 e. The fourth-order valence-corrected chi connectivity index (χ4v) is 3.86. The van der Waals surface area contributed by atoms with E-state index >= 15 is 0 Å². The lowest BCUT2D eigenvalue weighted by molar-refractivity contribution is -0.140. The lowest BCUT2D eigenvalue weighted by Crippen LogP contribution is -2.29. The number of methoxy groups -OCH3 is 1. The third-order valence-electron chi connectivity index (χ3n) is 5.58. The average Bonchev–Trinajstić information content (AvgIpc) is 3.41. The van der Waals surface area contributed by atoms with Crippen molar-refractivity contribution in [2.45, 2.75) is 25.9 Å². The molecule has 1 fully saturated rings. The number of rotatable bonds is 6. The van der Waals surface area contributed by atoms with E-state index in [9.17, 15) is 19.1 Å². The van der Waals surface area contributed by atoms with Crippen LogP contribution < -0.4 is 4.74 Å². The van der Waals surface area contributed by atoms with Gasteiger partial charge in [0.2, 0.25) is 0 Å². The smallest absolute Gasteiger partial charge is 0.296 e. The number of amides is 1. The Bertz CT molecular complexity index is 1180. The first kappa shape index (κ1) is 21.4. The van der Waals surface area contributed by atoms with Gasteiger partial charge in [-0.15, -0.1) is 0 Å². The zero-order chi connectivity index (χ0) is 22.8. The van der Waals surface area contributed by atoms with E-state index < -0.39 is 29.3 Å². The van der Waals surface area contributed by atoms with Crippen molar-refractivity contribution in [1.82, 2.24) is 4.90 Å². The van der Waals surface area contributed by atoms with Crippen molar-refractivity contribution >= 4 is 17.4 Å². The molecule has 2 aromatic carbocycles. The van der Waals surface area contributed by atoms with Gasteiger partial charge in [0.15, 0.2) is 11.6 Å². The standard InChI is InChI=1S/C25H22FNO5/c1-3-15-6-8-16(9-7-15)22-21(23(28)17-10-11-20(31-2)19(26)13-17)24(29)25(30)27(22)14-18-5-4-12-32-18/h4-13,22,28H,3,14H2,1-2H3/t22-/m0/s1. The molecular formula is C25H22FNO5. The molecule has 0 radical (unpaired) electrons. The Morgan fingerprint density at radius 3 is 2.50 bits per heavy atom. The normalized spacial score (nSPS) is 17.7. The number of aliphatic hydroxyl groups excluding tert-OH is 1. The zero-order valence-electron chi connectivity index (χ0n) is 17.7. The molecule has 1 aliphatic heterocycles. The Balaban J connectivity index is 1.85. The lowest BCUT2D eigenvalue weighted by Gasteiger charge is -2.24. The molecule has 0 unspecified atom stereocenters. The molecule has 1 aliphatic rings. The summed E-state index contributed by atoms with van der Waals surface area (Å²) in [5.41, 5.74) is 1.72. The van der Waals surface area contributed by atoms with Gasteiger partial charge in [0.1, 0.15) is 11.5 Å². The summed E-state index contributed by atoms with van der Waals surface area (Å²) in [6.07, 6.45) is 2.31. The summed E-state index contributed by atoms with van der Waals surface area (Å²) in [6, 6.07) is 13.9. The Morgan fingerprint density at radius 2 is 1.91 bits per heavy atom. The van der Waals surface area contributed by atoms with E-state index in [1.165, 1.54) is 30.4 Å². The van der Waals surface area contributed by atoms with E-state index in [0.717, 1.165) is 18.1 Å². The van der Waals surface area contributed by atoms with Gasteiger partial charge < -0.3 is 19.2 Å². The molecule has 0 saturated carbocycles. The molecule has 164 valence electrons. The number of aliphatic hydroxyl groups is 1. The maximum absolute atomic E-state index is 14.3. The van der Waals surface area contributed by atoms with Crippen LogP contribution in [-0.2, 0) is 22.6 Å². The van der Waals surface area contributed by atoms with Crippen molar-refractivity contribution in [3.63, 3.8) is 0 Å². The molecule has 6 nitrogen and oxygen atoms in total. The number of halogens is 1. The number of Topliss-reactive ketones (excluding diaryl/α,β-unsaturated/α-hetero) is 1. The number of hydrogen-bond acceptors (Lipinski definition) is 5. The van der Waals surface area contributed by atoms with Gasteiger partial charge in [-0.05, 0) is 47.9 Å². The van der Waals surface area contributed by atoms with E-state index in [1.807, 2.05) is 31.2 Å². The van der Waals surface area contributed by atoms with Gasteiger partial charge >= 0.3 is 0 Å². The Kier molecular flexibility index (Phi) is 5.81. The maximum atomic E-state index is 14.3. The number of nitrogens with zero attached hydrogens (tertiary/aromatic N) is 1. The van der Waals surface area contributed by atoms with E-state index in [4.69, 9.17) is 9.15 Å². The lowest BCUT2D eigenvalue weighted by atomic mass is 9.94. The molecule has 1 atom stereocenters. The first-order valence-electron chi connectivity index (χ1n) is 10.2. The first-order chi connectivity index (χ1) is 15.4. The second-order valence-corrected chi connectivity index (χ2v) is 7.45. The highest BCUT2D eigenvalue weighted by Gasteiger charge is 2.46. The predicted molar refractivity (Wildman–Crippen MR) is 115 cm³/mol. The first-order valence-corrected chi connectivity index (χ1v) is 10.2. The van der Waals surface area contributed by atoms with Crippen LogP contribution in [-0.4, -0.2) is 28.8 Å². The molecule has 0 spiro atoms. The molecule has 0 aliphatic carbocycles. The van der Waals surface area contributed by atoms with Crippen LogP contribution in [0.3, 0.4) is 0 Å². The molecule has 3 aromatic rings. The number of furan rings is 1. The zero-order valence-corrected chi connectivity index (χ0v) is 17.7. The number of aryl methyl sites for hydroxylation is 1. The summed E-state index contributed by atoms with van der Waals surface area (Å²) >= 11 is 0. The number of likely N-dealkylation sites (tertiary alicyclic amines) is 1. The highest BCUT2D eigenvalue weighted by Crippen LogP contribution is 2.40. The second kappa shape index (κ2) is 8.70. The van der Waals surface area contributed by atoms with Gasteiger partial charge in [-0.1, -0.05) is 31.2 Å². The SMILES string of the molecule is CCc1ccc([C@H]2C(=C(O)c3ccc(OC)c(F)c3)C(=O)C(=O)N2Cc2ccco2)cc1. The van der Waals surface area contributed by atoms with Gasteiger partial charge in [0.25, 0.3) is 11.7 Å². The van der Waals surface area contributed by atoms with Crippen LogP contribution >= 0.6 is 0 Å². The van der Waals surface area contributed by atoms with Crippen LogP contribution in [0.25, 0.3) is 5.76 Å². The van der Waals surface area contributed by atoms with Crippen molar-refractivity contribution in [2.75, 3.05) is 7.11 Å². The number of carbonyl (C=O) groups excluding carboxylic acids is 2. The van der Waals surface area contributed by atoms with Gasteiger partial charge in [-0.25, -0.2) is 4.39 Å². The number of ketones is 1. The molecule has 7 heteroatoms. The van der Waals surface area contributed by atoms with E-state index in [0.29, 0.717) is 11.3 Å². The van der Waals surface area contributed by atoms with Crippen molar-refractivity contribution in [3.05, 3.63) is 94.7 Å². The number of carbonyl (C=O) groups is 2. The van der Waals surface area contributed by atoms with Crippen LogP contribution in [0.1, 0.15) is 35.4 Å². The molecule has 1 aromatic heterocycles. The highest BCUT2D eigenvalue weighted by atomic mass is 19.1. The highest BCUT2D eigenvalue weighted by molar-refractivity contribution is 6.46. The Hall–Kier alpha value is -3.87. The molecule has 1 N–H and O–H groups in total. The van der Waals surface area contributed by atoms with Crippen molar-refractivity contribution < 1.29 is 28.2 Å². The maximum Gasteiger partial charge on any atom is 0.296 e. The number of benzene rings is 2. The van der Waals surface area contributed by atoms with Crippen LogP contribution in [0.4, 0.5) is 4.39 Å². The summed E-state index contributed by atoms with van der Waals surface area (Å²) < 4.78 is 24.6. The van der Waals surface area contributed by atoms with E-state index in [1.54, 1.807) is 12.1 Å². The molecule has 4 rings (SSSR count). The van der Waals surface area contributed by atoms with Crippen molar-refractivity contribution in [1.29, 1.82) is 0 Å². The van der Waals surface area contributed by atoms with Crippen molar-refractivity contribution in [3.8, 4) is 5.75 Å². The molecule has 0 bridgehead atoms. The van der Waals surface area contributed by atoms with Gasteiger partial charge in [-0.3, -0.25) is 9.59 Å². The van der Waals surface area contributed by atoms with Crippen LogP contribution in [0.15, 0.2) is 70.9 Å². The number of hydrogen-bond donors (Lipinski definition) is 1. The fourth-order valence-electron chi connectivity index (χ4n) is 3.86. The molecule has 2 heterocycles. The summed E-state index contributed by atoms with van der Waals surface area (Å²) in [5.74, 6) is -2.23. The second-order valence-electron chi connectivity index (χ2n) is 7.45. The third-order valence-corrected chi connectivity index (χ3v) is 5.58. The quantitative estimate of drug-likeness (QED) is 0.347. The summed E-state index contributed by atoms with van der Waals surface area (Å²) in [5, 5.41) is 11.0. The molecule has 1 saturated heterocycles. The van der Waals surface area contributed by atoms with Gasteiger partial charge in [-0.2, -0.15) is 0 Å². The van der Waals surface area contributed by atoms with Crippen LogP contribution in [0.5, 0.6) is 5.75 Å². The molecule has 32 heavy (non-hydrogen) atoms. The van der Waals surface area contributed by atoms with E-state index in [2.05, 4.69) is 0 Å². The third kappa shape index (κ3) is 3.77. The largest absolute Gasteiger partial charge is 0.507 e. The fraction of sp³-hybridized carbons (Fsp3) is 0.200. The van der Waals surface area contributed by atoms with Crippen molar-refractivity contribution in [2.24, 2.45) is 0 Å². The predicted octanol–water partition coefficient (Wildman–Crippen LogP) is 4.61. The van der Waals surface area contributed by atoms with Crippen LogP contribution in [0.2, 0.25) is 0 Å². The monoisotopic (exact) mass is 435 g/mol. The Morgan fingerprint density at radius 1 is 1.16 bits per heavy atom. The molecule has 1 amide bonds. The summed E-state index contributed by atoms with van der Waals surface area (Å²) in [4.78, 5) is 27.3. The van der Waals surface area contributed by atoms with Gasteiger partial charge in [0.05, 0.1) is 31.5 Å². The minimum absolute atomic E-state index is 0.00604. The summed E-state index contributed by atoms with van der Waals surface area (Å²) in [6.45, 7) is 2.07. The minimum atomic E-state index is -0.851.